The Morgan fingerprint density at radius 1 is 0.926 bits per heavy atom. The number of halogens is 2. The number of nitrogens with one attached hydrogen (secondary N) is 1. The van der Waals surface area contributed by atoms with Crippen LogP contribution in [0.1, 0.15) is 6.42 Å². The van der Waals surface area contributed by atoms with Gasteiger partial charge in [0.1, 0.15) is 0 Å². The Kier molecular flexibility index (Phi) is 5.21. The zero-order chi connectivity index (χ0) is 19.0. The van der Waals surface area contributed by atoms with E-state index in [2.05, 4.69) is 20.8 Å². The molecular weight excluding hydrogens is 430 g/mol. The molecule has 0 bridgehead atoms. The second kappa shape index (κ2) is 7.62. The number of carbonyl (C=O) groups excluding carboxylic acids is 2. The second-order valence-electron chi connectivity index (χ2n) is 6.92. The Hall–Kier alpha value is -1.89. The van der Waals surface area contributed by atoms with Gasteiger partial charge in [0.15, 0.2) is 6.04 Å². The highest BCUT2D eigenvalue weighted by molar-refractivity contribution is 9.10. The molecule has 2 amide bonds. The van der Waals surface area contributed by atoms with E-state index in [1.54, 1.807) is 12.1 Å². The van der Waals surface area contributed by atoms with Gasteiger partial charge in [0.25, 0.3) is 5.91 Å². The molecule has 2 fully saturated rings. The first kappa shape index (κ1) is 18.5. The Morgan fingerprint density at radius 3 is 2.15 bits per heavy atom. The van der Waals surface area contributed by atoms with E-state index in [0.29, 0.717) is 5.69 Å². The standard InChI is InChI=1S/C20H19BrClN3O2/c21-14-1-5-17(6-2-14)25-19(26)13-18(20(25)27)24-11-9-23(10-12-24)16-7-3-15(22)4-8-16/h1-8,18H,9-13H2/p+1. The summed E-state index contributed by atoms with van der Waals surface area (Å²) in [6, 6.07) is 14.8. The average molecular weight is 450 g/mol. The molecule has 2 aromatic carbocycles. The number of piperazine rings is 1. The molecule has 1 unspecified atom stereocenters. The number of hydrogen-bond donors (Lipinski definition) is 1. The van der Waals surface area contributed by atoms with Gasteiger partial charge in [0.2, 0.25) is 5.91 Å². The minimum Gasteiger partial charge on any atom is -0.360 e. The van der Waals surface area contributed by atoms with Crippen molar-refractivity contribution in [1.29, 1.82) is 0 Å². The maximum Gasteiger partial charge on any atom is 0.292 e. The number of carbonyl (C=O) groups is 2. The molecule has 4 rings (SSSR count). The van der Waals surface area contributed by atoms with E-state index >= 15 is 0 Å². The van der Waals surface area contributed by atoms with Crippen LogP contribution in [0.5, 0.6) is 0 Å². The Bertz CT molecular complexity index is 849. The molecule has 0 radical (unpaired) electrons. The summed E-state index contributed by atoms with van der Waals surface area (Å²) in [5, 5.41) is 0.728. The molecule has 1 N–H and O–H groups in total. The van der Waals surface area contributed by atoms with Crippen LogP contribution >= 0.6 is 27.5 Å². The minimum absolute atomic E-state index is 0.0859. The summed E-state index contributed by atoms with van der Waals surface area (Å²) in [6.45, 7) is 3.38. The van der Waals surface area contributed by atoms with E-state index in [9.17, 15) is 9.59 Å². The average Bonchev–Trinajstić information content (AvgIpc) is 2.98. The number of benzene rings is 2. The number of anilines is 2. The van der Waals surface area contributed by atoms with Gasteiger partial charge in [0, 0.05) is 15.2 Å². The van der Waals surface area contributed by atoms with E-state index in [1.165, 1.54) is 9.80 Å². The highest BCUT2D eigenvalue weighted by Gasteiger charge is 2.46. The molecule has 0 spiro atoms. The third kappa shape index (κ3) is 3.74. The second-order valence-corrected chi connectivity index (χ2v) is 8.27. The summed E-state index contributed by atoms with van der Waals surface area (Å²) in [5.41, 5.74) is 1.79. The number of nitrogens with zero attached hydrogens (tertiary/aromatic N) is 2. The van der Waals surface area contributed by atoms with Crippen molar-refractivity contribution >= 4 is 50.7 Å². The summed E-state index contributed by atoms with van der Waals surface area (Å²) in [7, 11) is 0. The molecule has 2 aromatic rings. The molecule has 0 aromatic heterocycles. The van der Waals surface area contributed by atoms with Gasteiger partial charge in [0.05, 0.1) is 38.3 Å². The monoisotopic (exact) mass is 448 g/mol. The van der Waals surface area contributed by atoms with E-state index in [1.807, 2.05) is 36.4 Å². The highest BCUT2D eigenvalue weighted by atomic mass is 79.9. The van der Waals surface area contributed by atoms with Gasteiger partial charge in [-0.15, -0.1) is 0 Å². The smallest absolute Gasteiger partial charge is 0.292 e. The molecule has 2 saturated heterocycles. The van der Waals surface area contributed by atoms with E-state index in [4.69, 9.17) is 11.6 Å². The first-order valence-electron chi connectivity index (χ1n) is 9.00. The van der Waals surface area contributed by atoms with Crippen LogP contribution in [-0.2, 0) is 9.59 Å². The number of hydrogen-bond acceptors (Lipinski definition) is 3. The fourth-order valence-corrected chi connectivity index (χ4v) is 4.26. The van der Waals surface area contributed by atoms with Crippen molar-refractivity contribution in [2.24, 2.45) is 0 Å². The molecule has 7 heteroatoms. The van der Waals surface area contributed by atoms with Crippen molar-refractivity contribution in [2.75, 3.05) is 36.0 Å². The van der Waals surface area contributed by atoms with Crippen molar-refractivity contribution in [3.8, 4) is 0 Å². The number of imide groups is 1. The van der Waals surface area contributed by atoms with Crippen molar-refractivity contribution in [2.45, 2.75) is 12.5 Å². The van der Waals surface area contributed by atoms with Crippen molar-refractivity contribution in [3.63, 3.8) is 0 Å². The van der Waals surface area contributed by atoms with Crippen LogP contribution in [0.4, 0.5) is 11.4 Å². The lowest BCUT2D eigenvalue weighted by molar-refractivity contribution is -0.915. The highest BCUT2D eigenvalue weighted by Crippen LogP contribution is 2.24. The Labute approximate surface area is 171 Å². The first-order valence-corrected chi connectivity index (χ1v) is 10.2. The molecule has 2 aliphatic heterocycles. The van der Waals surface area contributed by atoms with E-state index < -0.39 is 0 Å². The fourth-order valence-electron chi connectivity index (χ4n) is 3.86. The van der Waals surface area contributed by atoms with Crippen molar-refractivity contribution in [1.82, 2.24) is 0 Å². The van der Waals surface area contributed by atoms with Crippen molar-refractivity contribution in [3.05, 3.63) is 58.0 Å². The molecule has 2 heterocycles. The molecule has 5 nitrogen and oxygen atoms in total. The van der Waals surface area contributed by atoms with Gasteiger partial charge < -0.3 is 9.80 Å². The third-order valence-corrected chi connectivity index (χ3v) is 6.10. The molecule has 1 atom stereocenters. The SMILES string of the molecule is O=C1CC([NH+]2CCN(c3ccc(Cl)cc3)CC2)C(=O)N1c1ccc(Br)cc1. The maximum atomic E-state index is 12.9. The van der Waals surface area contributed by atoms with Gasteiger partial charge in [-0.25, -0.2) is 4.90 Å². The van der Waals surface area contributed by atoms with Crippen LogP contribution in [0, 0.1) is 0 Å². The summed E-state index contributed by atoms with van der Waals surface area (Å²) >= 11 is 9.35. The zero-order valence-corrected chi connectivity index (χ0v) is 17.0. The van der Waals surface area contributed by atoms with Crippen LogP contribution in [0.25, 0.3) is 0 Å². The van der Waals surface area contributed by atoms with Crippen LogP contribution < -0.4 is 14.7 Å². The quantitative estimate of drug-likeness (QED) is 0.730. The van der Waals surface area contributed by atoms with Gasteiger partial charge in [-0.05, 0) is 48.5 Å². The van der Waals surface area contributed by atoms with Crippen LogP contribution in [0.15, 0.2) is 53.0 Å². The summed E-state index contributed by atoms with van der Waals surface area (Å²) in [4.78, 5) is 30.3. The predicted molar refractivity (Wildman–Crippen MR) is 109 cm³/mol. The van der Waals surface area contributed by atoms with Crippen LogP contribution in [-0.4, -0.2) is 44.0 Å². The van der Waals surface area contributed by atoms with Gasteiger partial charge in [-0.3, -0.25) is 9.59 Å². The summed E-state index contributed by atoms with van der Waals surface area (Å²) < 4.78 is 0.922. The third-order valence-electron chi connectivity index (χ3n) is 5.32. The van der Waals surface area contributed by atoms with Gasteiger partial charge >= 0.3 is 0 Å². The number of amides is 2. The fraction of sp³-hybridized carbons (Fsp3) is 0.300. The molecule has 140 valence electrons. The lowest BCUT2D eigenvalue weighted by Gasteiger charge is -2.35. The number of quaternary nitrogens is 1. The normalized spacial score (nSPS) is 21.2. The molecule has 27 heavy (non-hydrogen) atoms. The molecule has 0 aliphatic carbocycles. The zero-order valence-electron chi connectivity index (χ0n) is 14.7. The van der Waals surface area contributed by atoms with E-state index in [0.717, 1.165) is 41.4 Å². The number of rotatable bonds is 3. The Morgan fingerprint density at radius 2 is 1.52 bits per heavy atom. The predicted octanol–water partition coefficient (Wildman–Crippen LogP) is 2.14. The van der Waals surface area contributed by atoms with Gasteiger partial charge in [-0.2, -0.15) is 0 Å². The summed E-state index contributed by atoms with van der Waals surface area (Å²) in [6.07, 6.45) is 0.283. The largest absolute Gasteiger partial charge is 0.360 e. The van der Waals surface area contributed by atoms with Crippen molar-refractivity contribution < 1.29 is 14.5 Å². The van der Waals surface area contributed by atoms with Crippen LogP contribution in [0.3, 0.4) is 0 Å². The van der Waals surface area contributed by atoms with Crippen LogP contribution in [0.2, 0.25) is 5.02 Å². The topological polar surface area (TPSA) is 45.1 Å². The summed E-state index contributed by atoms with van der Waals surface area (Å²) in [5.74, 6) is -0.197. The minimum atomic E-state index is -0.284. The lowest BCUT2D eigenvalue weighted by atomic mass is 10.1. The molecule has 0 saturated carbocycles. The van der Waals surface area contributed by atoms with Gasteiger partial charge in [-0.1, -0.05) is 27.5 Å². The first-order chi connectivity index (χ1) is 13.0. The lowest BCUT2D eigenvalue weighted by Crippen LogP contribution is -3.19. The Balaban J connectivity index is 1.43. The molecule has 2 aliphatic rings. The molecular formula is C20H20BrClN3O2+. The van der Waals surface area contributed by atoms with E-state index in [-0.39, 0.29) is 24.3 Å². The maximum absolute atomic E-state index is 12.9.